The monoisotopic (exact) mass is 476 g/mol. The van der Waals surface area contributed by atoms with Gasteiger partial charge in [-0.25, -0.2) is 9.48 Å². The molecule has 184 valence electrons. The molecular weight excluding hydrogens is 444 g/mol. The summed E-state index contributed by atoms with van der Waals surface area (Å²) in [4.78, 5) is 16.8. The van der Waals surface area contributed by atoms with Gasteiger partial charge in [0, 0.05) is 39.3 Å². The summed E-state index contributed by atoms with van der Waals surface area (Å²) in [5, 5.41) is 11.9. The van der Waals surface area contributed by atoms with E-state index in [0.717, 1.165) is 48.8 Å². The molecule has 2 amide bonds. The molecule has 1 fully saturated rings. The topological polar surface area (TPSA) is 84.8 Å². The van der Waals surface area contributed by atoms with E-state index in [1.807, 2.05) is 52.0 Å². The van der Waals surface area contributed by atoms with E-state index in [1.54, 1.807) is 7.11 Å². The van der Waals surface area contributed by atoms with Crippen LogP contribution in [0.4, 0.5) is 4.79 Å². The first kappa shape index (κ1) is 23.3. The molecule has 0 radical (unpaired) electrons. The number of urea groups is 1. The van der Waals surface area contributed by atoms with Gasteiger partial charge in [-0.2, -0.15) is 0 Å². The predicted molar refractivity (Wildman–Crippen MR) is 131 cm³/mol. The van der Waals surface area contributed by atoms with Crippen LogP contribution >= 0.6 is 0 Å². The molecule has 1 N–H and O–H groups in total. The summed E-state index contributed by atoms with van der Waals surface area (Å²) in [6, 6.07) is 18.2. The van der Waals surface area contributed by atoms with Crippen molar-refractivity contribution >= 4 is 6.03 Å². The Labute approximate surface area is 205 Å². The average Bonchev–Trinajstić information content (AvgIpc) is 3.31. The molecule has 2 aliphatic heterocycles. The highest BCUT2D eigenvalue weighted by Gasteiger charge is 2.27. The lowest BCUT2D eigenvalue weighted by Crippen LogP contribution is -2.51. The van der Waals surface area contributed by atoms with Crippen molar-refractivity contribution in [1.29, 1.82) is 0 Å². The van der Waals surface area contributed by atoms with Crippen molar-refractivity contribution < 1.29 is 14.3 Å². The Morgan fingerprint density at radius 3 is 2.60 bits per heavy atom. The van der Waals surface area contributed by atoms with Gasteiger partial charge >= 0.3 is 6.03 Å². The number of piperazine rings is 1. The van der Waals surface area contributed by atoms with Gasteiger partial charge in [0.25, 0.3) is 0 Å². The number of aromatic nitrogens is 3. The number of hydrogen-bond acceptors (Lipinski definition) is 6. The van der Waals surface area contributed by atoms with Gasteiger partial charge in [0.05, 0.1) is 26.0 Å². The summed E-state index contributed by atoms with van der Waals surface area (Å²) in [6.45, 7) is 5.53. The zero-order valence-corrected chi connectivity index (χ0v) is 20.1. The van der Waals surface area contributed by atoms with Crippen molar-refractivity contribution in [2.45, 2.75) is 32.2 Å². The Bertz CT molecular complexity index is 1110. The van der Waals surface area contributed by atoms with Gasteiger partial charge in [-0.1, -0.05) is 47.7 Å². The number of ether oxygens (including phenoxy) is 2. The van der Waals surface area contributed by atoms with Crippen LogP contribution in [0.2, 0.25) is 0 Å². The number of methoxy groups -OCH3 is 1. The predicted octanol–water partition coefficient (Wildman–Crippen LogP) is 2.63. The molecule has 35 heavy (non-hydrogen) atoms. The van der Waals surface area contributed by atoms with Crippen LogP contribution in [0, 0.1) is 0 Å². The molecule has 9 nitrogen and oxygen atoms in total. The molecule has 0 saturated carbocycles. The lowest BCUT2D eigenvalue weighted by molar-refractivity contribution is -0.00220. The zero-order valence-electron chi connectivity index (χ0n) is 20.1. The molecule has 0 spiro atoms. The SMILES string of the molecule is COc1ccc([C@@H]2Cn3nnc(CN4CCN(C(=O)NCCc5ccccc5)CC4)c3CO2)cc1. The molecule has 5 rings (SSSR count). The largest absolute Gasteiger partial charge is 0.497 e. The zero-order chi connectivity index (χ0) is 24.0. The summed E-state index contributed by atoms with van der Waals surface area (Å²) in [6.07, 6.45) is 0.790. The van der Waals surface area contributed by atoms with Crippen LogP contribution in [-0.4, -0.2) is 70.7 Å². The molecule has 2 aliphatic rings. The van der Waals surface area contributed by atoms with Gasteiger partial charge in [0.2, 0.25) is 0 Å². The van der Waals surface area contributed by atoms with Crippen LogP contribution in [0.25, 0.3) is 0 Å². The van der Waals surface area contributed by atoms with Crippen molar-refractivity contribution in [2.24, 2.45) is 0 Å². The van der Waals surface area contributed by atoms with E-state index < -0.39 is 0 Å². The first-order valence-corrected chi connectivity index (χ1v) is 12.2. The smallest absolute Gasteiger partial charge is 0.317 e. The second kappa shape index (κ2) is 10.9. The summed E-state index contributed by atoms with van der Waals surface area (Å²) >= 11 is 0. The molecule has 0 aliphatic carbocycles. The number of rotatable bonds is 7. The number of amides is 2. The number of carbonyl (C=O) groups is 1. The van der Waals surface area contributed by atoms with Gasteiger partial charge in [0.1, 0.15) is 17.5 Å². The van der Waals surface area contributed by atoms with Crippen LogP contribution in [-0.2, 0) is 30.9 Å². The number of benzene rings is 2. The third kappa shape index (κ3) is 5.63. The van der Waals surface area contributed by atoms with Gasteiger partial charge in [-0.15, -0.1) is 5.10 Å². The van der Waals surface area contributed by atoms with Crippen LogP contribution < -0.4 is 10.1 Å². The quantitative estimate of drug-likeness (QED) is 0.564. The number of carbonyl (C=O) groups excluding carboxylic acids is 1. The molecule has 0 bridgehead atoms. The van der Waals surface area contributed by atoms with Crippen LogP contribution in [0.3, 0.4) is 0 Å². The van der Waals surface area contributed by atoms with Gasteiger partial charge in [0.15, 0.2) is 0 Å². The summed E-state index contributed by atoms with van der Waals surface area (Å²) < 4.78 is 13.4. The molecule has 3 aromatic rings. The molecular formula is C26H32N6O3. The van der Waals surface area contributed by atoms with E-state index in [4.69, 9.17) is 9.47 Å². The highest BCUT2D eigenvalue weighted by atomic mass is 16.5. The lowest BCUT2D eigenvalue weighted by Gasteiger charge is -2.34. The van der Waals surface area contributed by atoms with E-state index in [2.05, 4.69) is 32.7 Å². The van der Waals surface area contributed by atoms with Gasteiger partial charge < -0.3 is 19.7 Å². The molecule has 1 aromatic heterocycles. The van der Waals surface area contributed by atoms with E-state index >= 15 is 0 Å². The van der Waals surface area contributed by atoms with Crippen molar-refractivity contribution in [3.8, 4) is 5.75 Å². The minimum atomic E-state index is -0.0492. The Kier molecular flexibility index (Phi) is 7.25. The second-order valence-corrected chi connectivity index (χ2v) is 8.97. The van der Waals surface area contributed by atoms with Crippen molar-refractivity contribution in [3.63, 3.8) is 0 Å². The van der Waals surface area contributed by atoms with Gasteiger partial charge in [-0.05, 0) is 29.7 Å². The third-order valence-electron chi connectivity index (χ3n) is 6.73. The maximum Gasteiger partial charge on any atom is 0.317 e. The molecule has 0 unspecified atom stereocenters. The van der Waals surface area contributed by atoms with Crippen LogP contribution in [0.1, 0.15) is 28.6 Å². The summed E-state index contributed by atoms with van der Waals surface area (Å²) in [5.41, 5.74) is 4.33. The Morgan fingerprint density at radius 1 is 1.09 bits per heavy atom. The average molecular weight is 477 g/mol. The van der Waals surface area contributed by atoms with E-state index in [0.29, 0.717) is 32.8 Å². The second-order valence-electron chi connectivity index (χ2n) is 8.97. The molecule has 3 heterocycles. The normalized spacial score (nSPS) is 18.2. The first-order valence-electron chi connectivity index (χ1n) is 12.2. The maximum absolute atomic E-state index is 12.5. The fraction of sp³-hybridized carbons (Fsp3) is 0.423. The summed E-state index contributed by atoms with van der Waals surface area (Å²) in [5.74, 6) is 0.832. The van der Waals surface area contributed by atoms with Crippen molar-refractivity contribution in [3.05, 3.63) is 77.1 Å². The molecule has 1 saturated heterocycles. The molecule has 1 atom stereocenters. The number of fused-ring (bicyclic) bond motifs is 1. The minimum absolute atomic E-state index is 0.0135. The Balaban J connectivity index is 1.08. The number of nitrogens with one attached hydrogen (secondary N) is 1. The minimum Gasteiger partial charge on any atom is -0.497 e. The number of hydrogen-bond donors (Lipinski definition) is 1. The highest BCUT2D eigenvalue weighted by molar-refractivity contribution is 5.74. The Hall–Kier alpha value is -3.43. The van der Waals surface area contributed by atoms with Gasteiger partial charge in [-0.3, -0.25) is 4.90 Å². The van der Waals surface area contributed by atoms with Crippen LogP contribution in [0.15, 0.2) is 54.6 Å². The number of nitrogens with zero attached hydrogens (tertiary/aromatic N) is 5. The highest BCUT2D eigenvalue weighted by Crippen LogP contribution is 2.28. The van der Waals surface area contributed by atoms with Crippen LogP contribution in [0.5, 0.6) is 5.75 Å². The fourth-order valence-corrected chi connectivity index (χ4v) is 4.60. The molecule has 2 aromatic carbocycles. The summed E-state index contributed by atoms with van der Waals surface area (Å²) in [7, 11) is 1.66. The van der Waals surface area contributed by atoms with Crippen molar-refractivity contribution in [1.82, 2.24) is 30.1 Å². The molecule has 9 heteroatoms. The maximum atomic E-state index is 12.5. The third-order valence-corrected chi connectivity index (χ3v) is 6.73. The Morgan fingerprint density at radius 2 is 1.86 bits per heavy atom. The van der Waals surface area contributed by atoms with E-state index in [9.17, 15) is 4.79 Å². The van der Waals surface area contributed by atoms with Crippen molar-refractivity contribution in [2.75, 3.05) is 39.8 Å². The standard InChI is InChI=1S/C26H32N6O3/c1-34-22-9-7-21(8-10-22)25-18-32-24(19-35-25)23(28-29-32)17-30-13-15-31(16-14-30)26(33)27-12-11-20-5-3-2-4-6-20/h2-10,25H,11-19H2,1H3,(H,27,33)/t25-/m0/s1. The van der Waals surface area contributed by atoms with E-state index in [-0.39, 0.29) is 12.1 Å². The fourth-order valence-electron chi connectivity index (χ4n) is 4.60. The van der Waals surface area contributed by atoms with E-state index in [1.165, 1.54) is 5.56 Å². The first-order chi connectivity index (χ1) is 17.2. The lowest BCUT2D eigenvalue weighted by atomic mass is 10.1.